The maximum Gasteiger partial charge on any atom is 0.237 e. The lowest BCUT2D eigenvalue weighted by atomic mass is 10.3. The summed E-state index contributed by atoms with van der Waals surface area (Å²) in [5.41, 5.74) is 0. The smallest absolute Gasteiger partial charge is 0.237 e. The molecular weight excluding hydrogens is 320 g/mol. The molecule has 0 radical (unpaired) electrons. The Kier molecular flexibility index (Phi) is 10.8. The lowest BCUT2D eigenvalue weighted by molar-refractivity contribution is -0.132. The molecule has 25 heavy (non-hydrogen) atoms. The molecule has 7 nitrogen and oxygen atoms in total. The third-order valence-electron chi connectivity index (χ3n) is 4.09. The van der Waals surface area contributed by atoms with Crippen LogP contribution in [0.3, 0.4) is 0 Å². The number of hydrogen-bond acceptors (Lipinski definition) is 5. The van der Waals surface area contributed by atoms with Crippen molar-refractivity contribution in [3.63, 3.8) is 0 Å². The van der Waals surface area contributed by atoms with Crippen molar-refractivity contribution >= 4 is 11.8 Å². The van der Waals surface area contributed by atoms with Crippen molar-refractivity contribution in [3.8, 4) is 0 Å². The number of methoxy groups -OCH3 is 1. The largest absolute Gasteiger partial charge is 0.385 e. The minimum Gasteiger partial charge on any atom is -0.385 e. The second-order valence-electron chi connectivity index (χ2n) is 6.12. The number of ether oxygens (including phenoxy) is 1. The van der Waals surface area contributed by atoms with Gasteiger partial charge in [0.05, 0.1) is 13.1 Å². The molecule has 1 N–H and O–H groups in total. The molecule has 1 aliphatic rings. The minimum absolute atomic E-state index is 0.0452. The molecule has 142 valence electrons. The van der Waals surface area contributed by atoms with Gasteiger partial charge in [-0.3, -0.25) is 19.4 Å². The van der Waals surface area contributed by atoms with E-state index in [1.54, 1.807) is 24.2 Å². The van der Waals surface area contributed by atoms with E-state index in [0.29, 0.717) is 39.3 Å². The summed E-state index contributed by atoms with van der Waals surface area (Å²) in [4.78, 5) is 30.2. The van der Waals surface area contributed by atoms with Gasteiger partial charge in [0.15, 0.2) is 0 Å². The molecule has 1 aliphatic heterocycles. The number of piperazine rings is 1. The van der Waals surface area contributed by atoms with Crippen LogP contribution in [0.1, 0.15) is 6.42 Å². The van der Waals surface area contributed by atoms with Crippen LogP contribution in [0.4, 0.5) is 0 Å². The van der Waals surface area contributed by atoms with E-state index in [-0.39, 0.29) is 11.8 Å². The van der Waals surface area contributed by atoms with Crippen LogP contribution in [0.5, 0.6) is 0 Å². The number of rotatable bonds is 12. The predicted molar refractivity (Wildman–Crippen MR) is 99.4 cm³/mol. The number of hydrogen-bond donors (Lipinski definition) is 1. The topological polar surface area (TPSA) is 65.1 Å². The van der Waals surface area contributed by atoms with Gasteiger partial charge in [-0.05, 0) is 6.42 Å². The van der Waals surface area contributed by atoms with Gasteiger partial charge in [-0.15, -0.1) is 13.2 Å². The average Bonchev–Trinajstić information content (AvgIpc) is 2.60. The lowest BCUT2D eigenvalue weighted by Gasteiger charge is -2.34. The zero-order chi connectivity index (χ0) is 18.5. The molecule has 7 heteroatoms. The van der Waals surface area contributed by atoms with Crippen molar-refractivity contribution in [3.05, 3.63) is 25.3 Å². The highest BCUT2D eigenvalue weighted by Crippen LogP contribution is 2.03. The Morgan fingerprint density at radius 2 is 1.64 bits per heavy atom. The Balaban J connectivity index is 2.26. The fraction of sp³-hybridized carbons (Fsp3) is 0.667. The average molecular weight is 352 g/mol. The van der Waals surface area contributed by atoms with Crippen molar-refractivity contribution in [1.82, 2.24) is 20.0 Å². The Morgan fingerprint density at radius 1 is 1.08 bits per heavy atom. The van der Waals surface area contributed by atoms with Gasteiger partial charge in [0.1, 0.15) is 0 Å². The highest BCUT2D eigenvalue weighted by Gasteiger charge is 2.22. The van der Waals surface area contributed by atoms with Gasteiger partial charge < -0.3 is 15.0 Å². The summed E-state index contributed by atoms with van der Waals surface area (Å²) in [5.74, 6) is 0.132. The molecule has 1 fully saturated rings. The first-order valence-corrected chi connectivity index (χ1v) is 8.80. The standard InChI is InChI=1S/C18H32N4O3/c1-4-8-22(9-5-2)18(24)16-21-12-10-20(11-13-21)15-17(23)19-7-6-14-25-3/h4-5H,1-2,6-16H2,3H3,(H,19,23). The Morgan fingerprint density at radius 3 is 2.16 bits per heavy atom. The molecule has 0 aliphatic carbocycles. The molecule has 0 unspecified atom stereocenters. The van der Waals surface area contributed by atoms with E-state index in [1.165, 1.54) is 0 Å². The van der Waals surface area contributed by atoms with E-state index in [9.17, 15) is 9.59 Å². The Labute approximate surface area is 151 Å². The van der Waals surface area contributed by atoms with Gasteiger partial charge in [0.2, 0.25) is 11.8 Å². The number of carbonyl (C=O) groups is 2. The summed E-state index contributed by atoms with van der Waals surface area (Å²) in [6, 6.07) is 0. The quantitative estimate of drug-likeness (QED) is 0.394. The highest BCUT2D eigenvalue weighted by molar-refractivity contribution is 5.79. The number of carbonyl (C=O) groups excluding carboxylic acids is 2. The Hall–Kier alpha value is -1.70. The SMILES string of the molecule is C=CCN(CC=C)C(=O)CN1CCN(CC(=O)NCCCOC)CC1. The number of amides is 2. The summed E-state index contributed by atoms with van der Waals surface area (Å²) >= 11 is 0. The second-order valence-corrected chi connectivity index (χ2v) is 6.12. The first kappa shape index (κ1) is 21.3. The van der Waals surface area contributed by atoms with Crippen molar-refractivity contribution in [2.45, 2.75) is 6.42 Å². The third kappa shape index (κ3) is 8.81. The maximum absolute atomic E-state index is 12.3. The van der Waals surface area contributed by atoms with Crippen LogP contribution < -0.4 is 5.32 Å². The molecule has 0 aromatic carbocycles. The zero-order valence-electron chi connectivity index (χ0n) is 15.4. The number of nitrogens with one attached hydrogen (secondary N) is 1. The van der Waals surface area contributed by atoms with Gasteiger partial charge >= 0.3 is 0 Å². The fourth-order valence-corrected chi connectivity index (χ4v) is 2.69. The van der Waals surface area contributed by atoms with Crippen LogP contribution in [0, 0.1) is 0 Å². The molecule has 0 atom stereocenters. The molecular formula is C18H32N4O3. The molecule has 1 rings (SSSR count). The van der Waals surface area contributed by atoms with Gasteiger partial charge in [0.25, 0.3) is 0 Å². The molecule has 0 saturated carbocycles. The lowest BCUT2D eigenvalue weighted by Crippen LogP contribution is -2.52. The fourth-order valence-electron chi connectivity index (χ4n) is 2.69. The molecule has 2 amide bonds. The van der Waals surface area contributed by atoms with E-state index < -0.39 is 0 Å². The van der Waals surface area contributed by atoms with E-state index >= 15 is 0 Å². The second kappa shape index (κ2) is 12.6. The van der Waals surface area contributed by atoms with Crippen LogP contribution >= 0.6 is 0 Å². The normalized spacial score (nSPS) is 15.6. The monoisotopic (exact) mass is 352 g/mol. The third-order valence-corrected chi connectivity index (χ3v) is 4.09. The Bertz CT molecular complexity index is 424. The first-order valence-electron chi connectivity index (χ1n) is 8.80. The first-order chi connectivity index (χ1) is 12.1. The summed E-state index contributed by atoms with van der Waals surface area (Å²) in [6.07, 6.45) is 4.28. The maximum atomic E-state index is 12.3. The van der Waals surface area contributed by atoms with E-state index in [4.69, 9.17) is 4.74 Å². The van der Waals surface area contributed by atoms with E-state index in [1.807, 2.05) is 0 Å². The van der Waals surface area contributed by atoms with Crippen LogP contribution in [0.2, 0.25) is 0 Å². The number of nitrogens with zero attached hydrogens (tertiary/aromatic N) is 3. The van der Waals surface area contributed by atoms with Crippen LogP contribution in [0.15, 0.2) is 25.3 Å². The van der Waals surface area contributed by atoms with Crippen molar-refractivity contribution in [1.29, 1.82) is 0 Å². The molecule has 0 aromatic heterocycles. The van der Waals surface area contributed by atoms with E-state index in [0.717, 1.165) is 32.6 Å². The molecule has 0 bridgehead atoms. The van der Waals surface area contributed by atoms with Crippen molar-refractivity contribution < 1.29 is 14.3 Å². The molecule has 1 heterocycles. The molecule has 1 saturated heterocycles. The molecule has 0 spiro atoms. The van der Waals surface area contributed by atoms with Gasteiger partial charge in [-0.1, -0.05) is 12.2 Å². The van der Waals surface area contributed by atoms with Gasteiger partial charge in [-0.25, -0.2) is 0 Å². The van der Waals surface area contributed by atoms with E-state index in [2.05, 4.69) is 28.3 Å². The molecule has 0 aromatic rings. The minimum atomic E-state index is 0.0452. The summed E-state index contributed by atoms with van der Waals surface area (Å²) in [6.45, 7) is 13.7. The zero-order valence-corrected chi connectivity index (χ0v) is 15.4. The van der Waals surface area contributed by atoms with Crippen molar-refractivity contribution in [2.75, 3.05) is 72.6 Å². The van der Waals surface area contributed by atoms with Crippen molar-refractivity contribution in [2.24, 2.45) is 0 Å². The summed E-state index contributed by atoms with van der Waals surface area (Å²) in [7, 11) is 1.65. The van der Waals surface area contributed by atoms with Gasteiger partial charge in [-0.2, -0.15) is 0 Å². The van der Waals surface area contributed by atoms with Crippen LogP contribution in [-0.2, 0) is 14.3 Å². The predicted octanol–water partition coefficient (Wildman–Crippen LogP) is -0.0427. The highest BCUT2D eigenvalue weighted by atomic mass is 16.5. The summed E-state index contributed by atoms with van der Waals surface area (Å²) in [5, 5.41) is 2.90. The van der Waals surface area contributed by atoms with Gasteiger partial charge in [0, 0.05) is 59.5 Å². The van der Waals surface area contributed by atoms with Crippen LogP contribution in [-0.4, -0.2) is 99.1 Å². The van der Waals surface area contributed by atoms with Crippen LogP contribution in [0.25, 0.3) is 0 Å². The summed E-state index contributed by atoms with van der Waals surface area (Å²) < 4.78 is 4.96.